The normalized spacial score (nSPS) is 20.9. The minimum Gasteiger partial charge on any atom is -0.379 e. The molecule has 1 amide bonds. The maximum absolute atomic E-state index is 12.7. The zero-order valence-corrected chi connectivity index (χ0v) is 15.0. The molecule has 0 bridgehead atoms. The predicted molar refractivity (Wildman–Crippen MR) is 94.8 cm³/mol. The Morgan fingerprint density at radius 2 is 2.04 bits per heavy atom. The number of benzene rings is 1. The topological polar surface area (TPSA) is 88.6 Å². The molecule has 1 aromatic carbocycles. The Labute approximate surface area is 147 Å². The van der Waals surface area contributed by atoms with Gasteiger partial charge in [-0.3, -0.25) is 9.78 Å². The second-order valence-corrected chi connectivity index (χ2v) is 8.54. The Morgan fingerprint density at radius 3 is 2.80 bits per heavy atom. The number of hydrogen-bond acceptors (Lipinski definition) is 5. The van der Waals surface area contributed by atoms with Crippen LogP contribution in [0.4, 0.5) is 0 Å². The number of nitrogens with one attached hydrogen (secondary N) is 1. The summed E-state index contributed by atoms with van der Waals surface area (Å²) < 4.78 is 30.8. The van der Waals surface area contributed by atoms with Gasteiger partial charge in [0.2, 0.25) is 10.0 Å². The lowest BCUT2D eigenvalue weighted by Crippen LogP contribution is -2.43. The summed E-state index contributed by atoms with van der Waals surface area (Å²) in [6, 6.07) is 8.73. The van der Waals surface area contributed by atoms with Crippen molar-refractivity contribution in [3.05, 3.63) is 42.1 Å². The van der Waals surface area contributed by atoms with Gasteiger partial charge in [0.15, 0.2) is 0 Å². The van der Waals surface area contributed by atoms with Crippen molar-refractivity contribution in [1.82, 2.24) is 14.6 Å². The van der Waals surface area contributed by atoms with Crippen molar-refractivity contribution in [1.29, 1.82) is 0 Å². The van der Waals surface area contributed by atoms with Gasteiger partial charge in [0.25, 0.3) is 5.91 Å². The second kappa shape index (κ2) is 7.07. The lowest BCUT2D eigenvalue weighted by atomic mass is 10.0. The summed E-state index contributed by atoms with van der Waals surface area (Å²) in [7, 11) is -0.354. The van der Waals surface area contributed by atoms with Crippen LogP contribution in [-0.2, 0) is 14.8 Å². The smallest absolute Gasteiger partial charge is 0.252 e. The van der Waals surface area contributed by atoms with E-state index in [0.29, 0.717) is 18.8 Å². The number of carbonyl (C=O) groups excluding carboxylic acids is 1. The van der Waals surface area contributed by atoms with Crippen LogP contribution in [0.1, 0.15) is 10.4 Å². The van der Waals surface area contributed by atoms with Gasteiger partial charge in [-0.25, -0.2) is 12.7 Å². The third-order valence-electron chi connectivity index (χ3n) is 4.39. The molecular formula is C17H21N3O4S. The number of rotatable bonds is 5. The number of ether oxygens (including phenoxy) is 1. The standard InChI is InChI=1S/C17H21N3O4S/c1-20(2)25(22,23)11-12-9-24-10-16(12)19-17(21)14-7-8-18-15-6-4-3-5-13(14)15/h3-8,12,16H,9-11H2,1-2H3,(H,19,21). The third kappa shape index (κ3) is 3.81. The number of pyridine rings is 1. The molecule has 8 heteroatoms. The molecule has 1 saturated heterocycles. The molecule has 2 atom stereocenters. The summed E-state index contributed by atoms with van der Waals surface area (Å²) in [5, 5.41) is 3.69. The number of aromatic nitrogens is 1. The molecule has 25 heavy (non-hydrogen) atoms. The average molecular weight is 363 g/mol. The molecule has 1 aliphatic heterocycles. The van der Waals surface area contributed by atoms with Crippen molar-refractivity contribution >= 4 is 26.8 Å². The number of fused-ring (bicyclic) bond motifs is 1. The molecule has 0 aliphatic carbocycles. The van der Waals surface area contributed by atoms with Crippen LogP contribution < -0.4 is 5.32 Å². The minimum atomic E-state index is -3.36. The van der Waals surface area contributed by atoms with Gasteiger partial charge in [-0.05, 0) is 12.1 Å². The third-order valence-corrected chi connectivity index (χ3v) is 6.35. The van der Waals surface area contributed by atoms with Gasteiger partial charge in [0.05, 0.1) is 36.1 Å². The zero-order valence-electron chi connectivity index (χ0n) is 14.2. The van der Waals surface area contributed by atoms with E-state index in [-0.39, 0.29) is 23.6 Å². The average Bonchev–Trinajstić information content (AvgIpc) is 3.00. The van der Waals surface area contributed by atoms with Crippen molar-refractivity contribution in [2.75, 3.05) is 33.1 Å². The Morgan fingerprint density at radius 1 is 1.28 bits per heavy atom. The number of sulfonamides is 1. The molecular weight excluding hydrogens is 342 g/mol. The van der Waals surface area contributed by atoms with E-state index in [4.69, 9.17) is 4.74 Å². The van der Waals surface area contributed by atoms with Crippen molar-refractivity contribution in [2.45, 2.75) is 6.04 Å². The van der Waals surface area contributed by atoms with Gasteiger partial charge in [-0.15, -0.1) is 0 Å². The van der Waals surface area contributed by atoms with Crippen molar-refractivity contribution in [3.63, 3.8) is 0 Å². The highest BCUT2D eigenvalue weighted by atomic mass is 32.2. The molecule has 0 spiro atoms. The summed E-state index contributed by atoms with van der Waals surface area (Å²) in [5.41, 5.74) is 1.26. The number of para-hydroxylation sites is 1. The van der Waals surface area contributed by atoms with Crippen molar-refractivity contribution in [3.8, 4) is 0 Å². The van der Waals surface area contributed by atoms with Gasteiger partial charge in [0, 0.05) is 31.6 Å². The van der Waals surface area contributed by atoms with E-state index in [2.05, 4.69) is 10.3 Å². The summed E-state index contributed by atoms with van der Waals surface area (Å²) in [5.74, 6) is -0.576. The Bertz CT molecular complexity index is 877. The van der Waals surface area contributed by atoms with Gasteiger partial charge in [-0.1, -0.05) is 18.2 Å². The van der Waals surface area contributed by atoms with Gasteiger partial charge < -0.3 is 10.1 Å². The van der Waals surface area contributed by atoms with Crippen LogP contribution in [0.3, 0.4) is 0 Å². The molecule has 2 heterocycles. The summed E-state index contributed by atoms with van der Waals surface area (Å²) in [6.45, 7) is 0.623. The van der Waals surface area contributed by atoms with E-state index in [1.807, 2.05) is 24.3 Å². The lowest BCUT2D eigenvalue weighted by molar-refractivity contribution is 0.0927. The predicted octanol–water partition coefficient (Wildman–Crippen LogP) is 0.871. The Balaban J connectivity index is 1.78. The SMILES string of the molecule is CN(C)S(=O)(=O)CC1COCC1NC(=O)c1ccnc2ccccc12. The van der Waals surface area contributed by atoms with Crippen molar-refractivity contribution in [2.24, 2.45) is 5.92 Å². The fourth-order valence-corrected chi connectivity index (χ4v) is 4.05. The first-order valence-corrected chi connectivity index (χ1v) is 9.62. The van der Waals surface area contributed by atoms with Crippen LogP contribution in [0.25, 0.3) is 10.9 Å². The van der Waals surface area contributed by atoms with Crippen LogP contribution in [0, 0.1) is 5.92 Å². The first kappa shape index (κ1) is 17.8. The quantitative estimate of drug-likeness (QED) is 0.852. The molecule has 1 N–H and O–H groups in total. The molecule has 1 aliphatic rings. The molecule has 7 nitrogen and oxygen atoms in total. The highest BCUT2D eigenvalue weighted by Gasteiger charge is 2.34. The van der Waals surface area contributed by atoms with E-state index < -0.39 is 10.0 Å². The van der Waals surface area contributed by atoms with Crippen LogP contribution in [0.2, 0.25) is 0 Å². The lowest BCUT2D eigenvalue weighted by Gasteiger charge is -2.21. The zero-order chi connectivity index (χ0) is 18.0. The molecule has 134 valence electrons. The van der Waals surface area contributed by atoms with E-state index in [0.717, 1.165) is 10.9 Å². The highest BCUT2D eigenvalue weighted by molar-refractivity contribution is 7.89. The van der Waals surface area contributed by atoms with E-state index >= 15 is 0 Å². The fourth-order valence-electron chi connectivity index (χ4n) is 2.88. The van der Waals surface area contributed by atoms with Crippen LogP contribution in [-0.4, -0.2) is 62.7 Å². The second-order valence-electron chi connectivity index (χ2n) is 6.31. The van der Waals surface area contributed by atoms with Gasteiger partial charge in [-0.2, -0.15) is 0 Å². The number of amides is 1. The highest BCUT2D eigenvalue weighted by Crippen LogP contribution is 2.20. The van der Waals surface area contributed by atoms with Gasteiger partial charge >= 0.3 is 0 Å². The molecule has 1 fully saturated rings. The summed E-state index contributed by atoms with van der Waals surface area (Å²) in [6.07, 6.45) is 1.59. The fraction of sp³-hybridized carbons (Fsp3) is 0.412. The molecule has 0 saturated carbocycles. The first-order chi connectivity index (χ1) is 11.9. The number of carbonyl (C=O) groups is 1. The Kier molecular flexibility index (Phi) is 5.03. The maximum atomic E-state index is 12.7. The molecule has 2 unspecified atom stereocenters. The minimum absolute atomic E-state index is 0.0535. The molecule has 3 rings (SSSR count). The van der Waals surface area contributed by atoms with Crippen LogP contribution in [0.5, 0.6) is 0 Å². The molecule has 0 radical (unpaired) electrons. The largest absolute Gasteiger partial charge is 0.379 e. The van der Waals surface area contributed by atoms with Crippen LogP contribution in [0.15, 0.2) is 36.5 Å². The van der Waals surface area contributed by atoms with Gasteiger partial charge in [0.1, 0.15) is 0 Å². The van der Waals surface area contributed by atoms with E-state index in [1.165, 1.54) is 18.4 Å². The summed E-state index contributed by atoms with van der Waals surface area (Å²) >= 11 is 0. The number of nitrogens with zero attached hydrogens (tertiary/aromatic N) is 2. The van der Waals surface area contributed by atoms with Crippen LogP contribution >= 0.6 is 0 Å². The van der Waals surface area contributed by atoms with Crippen molar-refractivity contribution < 1.29 is 17.9 Å². The van der Waals surface area contributed by atoms with E-state index in [9.17, 15) is 13.2 Å². The Hall–Kier alpha value is -2.03. The maximum Gasteiger partial charge on any atom is 0.252 e. The molecule has 1 aromatic heterocycles. The van der Waals surface area contributed by atoms with E-state index in [1.54, 1.807) is 12.3 Å². The monoisotopic (exact) mass is 363 g/mol. The summed E-state index contributed by atoms with van der Waals surface area (Å²) in [4.78, 5) is 17.0. The first-order valence-electron chi connectivity index (χ1n) is 8.01. The number of hydrogen-bond donors (Lipinski definition) is 1. The molecule has 2 aromatic rings.